The van der Waals surface area contributed by atoms with E-state index < -0.39 is 13.4 Å². The van der Waals surface area contributed by atoms with Crippen LogP contribution in [0.2, 0.25) is 0 Å². The summed E-state index contributed by atoms with van der Waals surface area (Å²) in [4.78, 5) is 0. The highest BCUT2D eigenvalue weighted by Crippen LogP contribution is 2.59. The number of phenolic OH excluding ortho intramolecular Hbond substituents is 1. The molecule has 6 heteroatoms. The van der Waals surface area contributed by atoms with Crippen LogP contribution in [0.15, 0.2) is 24.3 Å². The van der Waals surface area contributed by atoms with Crippen molar-refractivity contribution in [2.75, 3.05) is 13.2 Å². The van der Waals surface area contributed by atoms with Crippen molar-refractivity contribution < 1.29 is 18.7 Å². The summed E-state index contributed by atoms with van der Waals surface area (Å²) in [6.07, 6.45) is 0. The fourth-order valence-corrected chi connectivity index (χ4v) is 3.14. The molecule has 0 saturated heterocycles. The Morgan fingerprint density at radius 1 is 1.29 bits per heavy atom. The first kappa shape index (κ1) is 14.2. The third kappa shape index (κ3) is 3.30. The number of hydrogen-bond acceptors (Lipinski definition) is 5. The molecule has 0 aliphatic rings. The number of nitrogens with two attached hydrogens (primary N) is 1. The predicted molar refractivity (Wildman–Crippen MR) is 65.9 cm³/mol. The van der Waals surface area contributed by atoms with Gasteiger partial charge in [0.05, 0.1) is 13.2 Å². The minimum absolute atomic E-state index is 0.0142. The highest BCUT2D eigenvalue weighted by atomic mass is 31.2. The van der Waals surface area contributed by atoms with Gasteiger partial charge in [-0.2, -0.15) is 0 Å². The van der Waals surface area contributed by atoms with Gasteiger partial charge in [0.2, 0.25) is 0 Å². The van der Waals surface area contributed by atoms with E-state index in [2.05, 4.69) is 0 Å². The fourth-order valence-electron chi connectivity index (χ4n) is 1.47. The van der Waals surface area contributed by atoms with Crippen LogP contribution in [-0.4, -0.2) is 18.3 Å². The van der Waals surface area contributed by atoms with E-state index >= 15 is 0 Å². The van der Waals surface area contributed by atoms with Crippen molar-refractivity contribution in [3.63, 3.8) is 0 Å². The number of benzene rings is 1. The Balaban J connectivity index is 3.04. The molecular weight excluding hydrogens is 241 g/mol. The molecule has 1 aromatic carbocycles. The molecule has 0 aliphatic carbocycles. The van der Waals surface area contributed by atoms with Gasteiger partial charge in [0.15, 0.2) is 0 Å². The molecule has 96 valence electrons. The van der Waals surface area contributed by atoms with Crippen molar-refractivity contribution in [2.45, 2.75) is 19.6 Å². The molecule has 0 aromatic heterocycles. The monoisotopic (exact) mass is 259 g/mol. The van der Waals surface area contributed by atoms with Crippen LogP contribution >= 0.6 is 7.60 Å². The Morgan fingerprint density at radius 2 is 1.82 bits per heavy atom. The zero-order chi connectivity index (χ0) is 12.9. The van der Waals surface area contributed by atoms with E-state index in [4.69, 9.17) is 14.8 Å². The maximum atomic E-state index is 12.4. The Kier molecular flexibility index (Phi) is 5.15. The second kappa shape index (κ2) is 6.17. The number of hydrogen-bond donors (Lipinski definition) is 2. The molecule has 0 amide bonds. The third-order valence-corrected chi connectivity index (χ3v) is 4.41. The van der Waals surface area contributed by atoms with Crippen molar-refractivity contribution in [1.29, 1.82) is 0 Å². The summed E-state index contributed by atoms with van der Waals surface area (Å²) in [5.74, 6) is -0.997. The minimum Gasteiger partial charge on any atom is -0.508 e. The largest absolute Gasteiger partial charge is 0.508 e. The first-order valence-electron chi connectivity index (χ1n) is 5.47. The van der Waals surface area contributed by atoms with Crippen LogP contribution in [-0.2, 0) is 13.6 Å². The van der Waals surface area contributed by atoms with E-state index in [9.17, 15) is 9.67 Å². The van der Waals surface area contributed by atoms with Crippen molar-refractivity contribution in [3.05, 3.63) is 29.8 Å². The van der Waals surface area contributed by atoms with Crippen LogP contribution < -0.4 is 5.73 Å². The van der Waals surface area contributed by atoms with E-state index in [0.717, 1.165) is 0 Å². The number of phenols is 1. The van der Waals surface area contributed by atoms with E-state index in [-0.39, 0.29) is 19.0 Å². The van der Waals surface area contributed by atoms with Gasteiger partial charge in [-0.05, 0) is 19.9 Å². The SMILES string of the molecule is CCOP(=O)(OCC)[C@@H](N)c1ccccc1O. The molecule has 1 atom stereocenters. The Labute approximate surface area is 101 Å². The van der Waals surface area contributed by atoms with Crippen LogP contribution in [0, 0.1) is 0 Å². The molecule has 0 aliphatic heterocycles. The molecule has 1 aromatic rings. The number of rotatable bonds is 6. The summed E-state index contributed by atoms with van der Waals surface area (Å²) >= 11 is 0. The molecule has 0 heterocycles. The van der Waals surface area contributed by atoms with Crippen LogP contribution in [0.1, 0.15) is 25.2 Å². The van der Waals surface area contributed by atoms with E-state index in [1.54, 1.807) is 32.0 Å². The van der Waals surface area contributed by atoms with Gasteiger partial charge in [-0.15, -0.1) is 0 Å². The van der Waals surface area contributed by atoms with Gasteiger partial charge in [-0.3, -0.25) is 4.57 Å². The number of para-hydroxylation sites is 1. The molecule has 0 bridgehead atoms. The fraction of sp³-hybridized carbons (Fsp3) is 0.455. The lowest BCUT2D eigenvalue weighted by atomic mass is 10.2. The van der Waals surface area contributed by atoms with Crippen molar-refractivity contribution >= 4 is 7.60 Å². The van der Waals surface area contributed by atoms with E-state index in [1.165, 1.54) is 6.07 Å². The Bertz CT molecular complexity index is 400. The van der Waals surface area contributed by atoms with Gasteiger partial charge >= 0.3 is 7.60 Å². The molecule has 0 radical (unpaired) electrons. The van der Waals surface area contributed by atoms with Gasteiger partial charge in [0.1, 0.15) is 11.5 Å². The Morgan fingerprint density at radius 3 is 2.29 bits per heavy atom. The van der Waals surface area contributed by atoms with Crippen molar-refractivity contribution in [3.8, 4) is 5.75 Å². The van der Waals surface area contributed by atoms with Gasteiger partial charge in [-0.1, -0.05) is 18.2 Å². The normalized spacial score (nSPS) is 13.6. The van der Waals surface area contributed by atoms with E-state index in [0.29, 0.717) is 5.56 Å². The minimum atomic E-state index is -3.44. The van der Waals surface area contributed by atoms with Crippen LogP contribution in [0.4, 0.5) is 0 Å². The lowest BCUT2D eigenvalue weighted by Gasteiger charge is -2.23. The molecular formula is C11H18NO4P. The van der Waals surface area contributed by atoms with Gasteiger partial charge in [-0.25, -0.2) is 0 Å². The molecule has 0 saturated carbocycles. The second-order valence-electron chi connectivity index (χ2n) is 3.38. The first-order valence-corrected chi connectivity index (χ1v) is 7.08. The number of aromatic hydroxyl groups is 1. The second-order valence-corrected chi connectivity index (χ2v) is 5.53. The summed E-state index contributed by atoms with van der Waals surface area (Å²) in [7, 11) is -3.44. The molecule has 0 fully saturated rings. The molecule has 17 heavy (non-hydrogen) atoms. The maximum Gasteiger partial charge on any atom is 0.351 e. The zero-order valence-corrected chi connectivity index (χ0v) is 10.9. The summed E-state index contributed by atoms with van der Waals surface area (Å²) in [6, 6.07) is 6.46. The third-order valence-electron chi connectivity index (χ3n) is 2.21. The van der Waals surface area contributed by atoms with E-state index in [1.807, 2.05) is 0 Å². The average molecular weight is 259 g/mol. The summed E-state index contributed by atoms with van der Waals surface area (Å²) in [5.41, 5.74) is 6.23. The van der Waals surface area contributed by atoms with Crippen molar-refractivity contribution in [1.82, 2.24) is 0 Å². The van der Waals surface area contributed by atoms with Gasteiger partial charge in [0, 0.05) is 5.56 Å². The summed E-state index contributed by atoms with van der Waals surface area (Å²) in [5, 5.41) is 9.67. The molecule has 3 N–H and O–H groups in total. The molecule has 0 spiro atoms. The van der Waals surface area contributed by atoms with Crippen LogP contribution in [0.3, 0.4) is 0 Å². The first-order chi connectivity index (χ1) is 8.05. The smallest absolute Gasteiger partial charge is 0.351 e. The highest BCUT2D eigenvalue weighted by molar-refractivity contribution is 7.54. The molecule has 1 rings (SSSR count). The maximum absolute atomic E-state index is 12.4. The predicted octanol–water partition coefficient (Wildman–Crippen LogP) is 2.62. The van der Waals surface area contributed by atoms with Crippen LogP contribution in [0.5, 0.6) is 5.75 Å². The topological polar surface area (TPSA) is 81.8 Å². The summed E-state index contributed by atoms with van der Waals surface area (Å²) in [6.45, 7) is 3.89. The lowest BCUT2D eigenvalue weighted by molar-refractivity contribution is 0.212. The van der Waals surface area contributed by atoms with Gasteiger partial charge < -0.3 is 19.9 Å². The standard InChI is InChI=1S/C11H18NO4P/c1-3-15-17(14,16-4-2)11(12)9-7-5-6-8-10(9)13/h5-8,11,13H,3-4,12H2,1-2H3/t11-/m1/s1. The molecule has 0 unspecified atom stereocenters. The zero-order valence-electron chi connectivity index (χ0n) is 10.00. The quantitative estimate of drug-likeness (QED) is 0.767. The van der Waals surface area contributed by atoms with Gasteiger partial charge in [0.25, 0.3) is 0 Å². The van der Waals surface area contributed by atoms with Crippen molar-refractivity contribution in [2.24, 2.45) is 5.73 Å². The summed E-state index contributed by atoms with van der Waals surface area (Å²) < 4.78 is 22.7. The van der Waals surface area contributed by atoms with Crippen LogP contribution in [0.25, 0.3) is 0 Å². The molecule has 5 nitrogen and oxygen atoms in total. The lowest BCUT2D eigenvalue weighted by Crippen LogP contribution is -2.15. The average Bonchev–Trinajstić information content (AvgIpc) is 2.29. The Hall–Kier alpha value is -0.870. The highest BCUT2D eigenvalue weighted by Gasteiger charge is 2.35.